The molecule has 2 rings (SSSR count). The molecule has 0 aromatic carbocycles. The number of rotatable bonds is 5. The van der Waals surface area contributed by atoms with E-state index < -0.39 is 0 Å². The molecule has 5 heteroatoms. The van der Waals surface area contributed by atoms with Gasteiger partial charge in [0, 0.05) is 31.6 Å². The van der Waals surface area contributed by atoms with Crippen LogP contribution in [0.4, 0.5) is 11.8 Å². The van der Waals surface area contributed by atoms with Gasteiger partial charge in [0.15, 0.2) is 0 Å². The van der Waals surface area contributed by atoms with E-state index in [9.17, 15) is 0 Å². The highest BCUT2D eigenvalue weighted by atomic mass is 15.2. The van der Waals surface area contributed by atoms with Gasteiger partial charge in [-0.15, -0.1) is 0 Å². The normalized spacial score (nSPS) is 22.6. The van der Waals surface area contributed by atoms with Crippen molar-refractivity contribution in [1.82, 2.24) is 9.97 Å². The van der Waals surface area contributed by atoms with Crippen molar-refractivity contribution in [3.63, 3.8) is 0 Å². The number of nitrogens with two attached hydrogens (primary N) is 2. The van der Waals surface area contributed by atoms with Crippen LogP contribution in [0.3, 0.4) is 0 Å². The van der Waals surface area contributed by atoms with Crippen molar-refractivity contribution in [3.8, 4) is 0 Å². The monoisotopic (exact) mass is 249 g/mol. The molecular formula is C13H23N5. The third-order valence-corrected chi connectivity index (χ3v) is 3.58. The lowest BCUT2D eigenvalue weighted by atomic mass is 9.78. The minimum absolute atomic E-state index is 0.326. The number of hydrogen-bond donors (Lipinski definition) is 2. The molecule has 0 bridgehead atoms. The highest BCUT2D eigenvalue weighted by Gasteiger charge is 2.29. The summed E-state index contributed by atoms with van der Waals surface area (Å²) in [6, 6.07) is 2.38. The summed E-state index contributed by atoms with van der Waals surface area (Å²) in [7, 11) is 2.05. The molecule has 0 aliphatic heterocycles. The fourth-order valence-corrected chi connectivity index (χ4v) is 2.29. The average Bonchev–Trinajstić information content (AvgIpc) is 2.31. The Kier molecular flexibility index (Phi) is 4.01. The zero-order valence-corrected chi connectivity index (χ0v) is 11.3. The first-order valence-electron chi connectivity index (χ1n) is 6.71. The molecule has 4 N–H and O–H groups in total. The van der Waals surface area contributed by atoms with Gasteiger partial charge >= 0.3 is 0 Å². The minimum atomic E-state index is 0.326. The van der Waals surface area contributed by atoms with Crippen molar-refractivity contribution in [3.05, 3.63) is 11.8 Å². The van der Waals surface area contributed by atoms with E-state index in [4.69, 9.17) is 11.5 Å². The Morgan fingerprint density at radius 3 is 2.72 bits per heavy atom. The van der Waals surface area contributed by atoms with Crippen molar-refractivity contribution in [2.75, 3.05) is 24.2 Å². The smallest absolute Gasteiger partial charge is 0.222 e. The van der Waals surface area contributed by atoms with Crippen molar-refractivity contribution in [1.29, 1.82) is 0 Å². The van der Waals surface area contributed by atoms with Crippen molar-refractivity contribution < 1.29 is 0 Å². The van der Waals surface area contributed by atoms with Gasteiger partial charge in [-0.1, -0.05) is 13.3 Å². The molecule has 5 nitrogen and oxygen atoms in total. The Morgan fingerprint density at radius 2 is 2.11 bits per heavy atom. The zero-order chi connectivity index (χ0) is 13.1. The number of nitrogens with zero attached hydrogens (tertiary/aromatic N) is 3. The molecule has 0 spiro atoms. The van der Waals surface area contributed by atoms with Crippen LogP contribution in [0.25, 0.3) is 0 Å². The molecule has 100 valence electrons. The van der Waals surface area contributed by atoms with E-state index in [2.05, 4.69) is 27.9 Å². The van der Waals surface area contributed by atoms with Gasteiger partial charge in [-0.05, 0) is 19.3 Å². The fraction of sp³-hybridized carbons (Fsp3) is 0.692. The predicted molar refractivity (Wildman–Crippen MR) is 74.6 cm³/mol. The second-order valence-corrected chi connectivity index (χ2v) is 5.21. The third kappa shape index (κ3) is 2.90. The number of unbranched alkanes of at least 4 members (excludes halogenated alkanes) is 1. The molecule has 0 amide bonds. The summed E-state index contributed by atoms with van der Waals surface area (Å²) in [5.41, 5.74) is 12.7. The Bertz CT molecular complexity index is 400. The molecule has 1 aromatic heterocycles. The maximum atomic E-state index is 5.82. The molecular weight excluding hydrogens is 226 g/mol. The van der Waals surface area contributed by atoms with Crippen LogP contribution >= 0.6 is 0 Å². The first kappa shape index (κ1) is 13.1. The maximum absolute atomic E-state index is 5.82. The van der Waals surface area contributed by atoms with Gasteiger partial charge < -0.3 is 16.4 Å². The van der Waals surface area contributed by atoms with Gasteiger partial charge in [0.05, 0.1) is 5.69 Å². The third-order valence-electron chi connectivity index (χ3n) is 3.58. The fourth-order valence-electron chi connectivity index (χ4n) is 2.29. The second kappa shape index (κ2) is 5.52. The van der Waals surface area contributed by atoms with Crippen LogP contribution in [-0.2, 0) is 0 Å². The summed E-state index contributed by atoms with van der Waals surface area (Å²) in [4.78, 5) is 10.8. The van der Waals surface area contributed by atoms with Crippen LogP contribution in [0, 0.1) is 0 Å². The molecule has 0 atom stereocenters. The van der Waals surface area contributed by atoms with Gasteiger partial charge in [-0.3, -0.25) is 0 Å². The Balaban J connectivity index is 2.10. The zero-order valence-electron chi connectivity index (χ0n) is 11.3. The summed E-state index contributed by atoms with van der Waals surface area (Å²) in [6.45, 7) is 3.18. The molecule has 1 aromatic rings. The summed E-state index contributed by atoms with van der Waals surface area (Å²) in [5, 5.41) is 0. The SMILES string of the molecule is CCCCN(C)c1cc(C2CC(N)C2)nc(N)n1. The molecule has 0 saturated heterocycles. The number of nitrogen functional groups attached to an aromatic ring is 1. The lowest BCUT2D eigenvalue weighted by Crippen LogP contribution is -2.35. The van der Waals surface area contributed by atoms with Crippen LogP contribution in [0.2, 0.25) is 0 Å². The summed E-state index contributed by atoms with van der Waals surface area (Å²) in [5.74, 6) is 1.75. The van der Waals surface area contributed by atoms with E-state index in [1.165, 1.54) is 6.42 Å². The molecule has 18 heavy (non-hydrogen) atoms. The second-order valence-electron chi connectivity index (χ2n) is 5.21. The van der Waals surface area contributed by atoms with Crippen LogP contribution in [0.15, 0.2) is 6.07 Å². The summed E-state index contributed by atoms with van der Waals surface area (Å²) in [6.07, 6.45) is 4.35. The van der Waals surface area contributed by atoms with E-state index >= 15 is 0 Å². The highest BCUT2D eigenvalue weighted by molar-refractivity contribution is 5.44. The lowest BCUT2D eigenvalue weighted by Gasteiger charge is -2.32. The summed E-state index contributed by atoms with van der Waals surface area (Å²) >= 11 is 0. The van der Waals surface area contributed by atoms with Gasteiger partial charge in [0.25, 0.3) is 0 Å². The number of aromatic nitrogens is 2. The average molecular weight is 249 g/mol. The van der Waals surface area contributed by atoms with E-state index in [1.54, 1.807) is 0 Å². The van der Waals surface area contributed by atoms with Crippen LogP contribution in [-0.4, -0.2) is 29.6 Å². The van der Waals surface area contributed by atoms with Crippen LogP contribution < -0.4 is 16.4 Å². The maximum Gasteiger partial charge on any atom is 0.222 e. The Morgan fingerprint density at radius 1 is 1.39 bits per heavy atom. The van der Waals surface area contributed by atoms with Gasteiger partial charge in [0.2, 0.25) is 5.95 Å². The van der Waals surface area contributed by atoms with Crippen molar-refractivity contribution in [2.24, 2.45) is 5.73 Å². The molecule has 1 aliphatic carbocycles. The van der Waals surface area contributed by atoms with Crippen molar-refractivity contribution in [2.45, 2.75) is 44.6 Å². The first-order chi connectivity index (χ1) is 8.60. The van der Waals surface area contributed by atoms with Crippen LogP contribution in [0.1, 0.15) is 44.2 Å². The van der Waals surface area contributed by atoms with Crippen molar-refractivity contribution >= 4 is 11.8 Å². The van der Waals surface area contributed by atoms with E-state index in [1.807, 2.05) is 7.05 Å². The lowest BCUT2D eigenvalue weighted by molar-refractivity contribution is 0.345. The van der Waals surface area contributed by atoms with Gasteiger partial charge in [-0.2, -0.15) is 4.98 Å². The molecule has 1 aliphatic rings. The molecule has 0 unspecified atom stereocenters. The Hall–Kier alpha value is -1.36. The molecule has 1 saturated carbocycles. The first-order valence-corrected chi connectivity index (χ1v) is 6.71. The minimum Gasteiger partial charge on any atom is -0.368 e. The van der Waals surface area contributed by atoms with Gasteiger partial charge in [-0.25, -0.2) is 4.98 Å². The topological polar surface area (TPSA) is 81.1 Å². The number of hydrogen-bond acceptors (Lipinski definition) is 5. The van der Waals surface area contributed by atoms with Crippen LogP contribution in [0.5, 0.6) is 0 Å². The summed E-state index contributed by atoms with van der Waals surface area (Å²) < 4.78 is 0. The Labute approximate surface area is 109 Å². The number of anilines is 2. The van der Waals surface area contributed by atoms with Gasteiger partial charge in [0.1, 0.15) is 5.82 Å². The largest absolute Gasteiger partial charge is 0.368 e. The van der Waals surface area contributed by atoms with E-state index in [0.717, 1.165) is 37.3 Å². The van der Waals surface area contributed by atoms with E-state index in [0.29, 0.717) is 17.9 Å². The predicted octanol–water partition coefficient (Wildman–Crippen LogP) is 1.50. The highest BCUT2D eigenvalue weighted by Crippen LogP contribution is 2.35. The quantitative estimate of drug-likeness (QED) is 0.826. The standard InChI is InChI=1S/C13H23N5/c1-3-4-5-18(2)12-8-11(16-13(15)17-12)9-6-10(14)7-9/h8-10H,3-7,14H2,1-2H3,(H2,15,16,17). The molecule has 1 fully saturated rings. The molecule has 0 radical (unpaired) electrons. The van der Waals surface area contributed by atoms with E-state index in [-0.39, 0.29) is 0 Å². The molecule has 1 heterocycles.